The maximum absolute atomic E-state index is 10.7. The molecule has 0 unspecified atom stereocenters. The Hall–Kier alpha value is -1.01. The number of primary amides is 1. The van der Waals surface area contributed by atoms with Gasteiger partial charge in [0.1, 0.15) is 0 Å². The molecule has 0 aromatic heterocycles. The monoisotopic (exact) mass is 182 g/mol. The van der Waals surface area contributed by atoms with Crippen LogP contribution in [0.25, 0.3) is 0 Å². The van der Waals surface area contributed by atoms with Crippen LogP contribution in [0.1, 0.15) is 26.2 Å². The summed E-state index contributed by atoms with van der Waals surface area (Å²) in [5.41, 5.74) is 5.10. The maximum atomic E-state index is 10.7. The van der Waals surface area contributed by atoms with Crippen LogP contribution >= 0.6 is 0 Å². The minimum atomic E-state index is -0.284. The van der Waals surface area contributed by atoms with Crippen LogP contribution in [0.3, 0.4) is 0 Å². The van der Waals surface area contributed by atoms with Gasteiger partial charge in [-0.15, -0.1) is 12.3 Å². The van der Waals surface area contributed by atoms with E-state index in [1.165, 1.54) is 0 Å². The van der Waals surface area contributed by atoms with Crippen molar-refractivity contribution in [3.8, 4) is 12.3 Å². The molecule has 0 bridgehead atoms. The third-order valence-corrected chi connectivity index (χ3v) is 1.78. The zero-order valence-electron chi connectivity index (χ0n) is 8.25. The van der Waals surface area contributed by atoms with Crippen LogP contribution in [0.2, 0.25) is 0 Å². The number of carbonyl (C=O) groups excluding carboxylic acids is 1. The fourth-order valence-electron chi connectivity index (χ4n) is 1.09. The van der Waals surface area contributed by atoms with E-state index in [1.54, 1.807) is 0 Å². The third-order valence-electron chi connectivity index (χ3n) is 1.78. The first kappa shape index (κ1) is 12.0. The zero-order valence-corrected chi connectivity index (χ0v) is 8.25. The number of nitrogens with two attached hydrogens (primary N) is 1. The van der Waals surface area contributed by atoms with E-state index in [9.17, 15) is 4.79 Å². The van der Waals surface area contributed by atoms with Crippen LogP contribution in [0.4, 0.5) is 0 Å². The molecular formula is C10H18N2O. The molecule has 3 nitrogen and oxygen atoms in total. The van der Waals surface area contributed by atoms with E-state index in [0.29, 0.717) is 13.0 Å². The highest BCUT2D eigenvalue weighted by Gasteiger charge is 2.05. The average molecular weight is 182 g/mol. The van der Waals surface area contributed by atoms with Crippen LogP contribution in [-0.4, -0.2) is 30.4 Å². The highest BCUT2D eigenvalue weighted by Crippen LogP contribution is 1.95. The van der Waals surface area contributed by atoms with Gasteiger partial charge >= 0.3 is 0 Å². The Balaban J connectivity index is 3.74. The summed E-state index contributed by atoms with van der Waals surface area (Å²) in [5.74, 6) is 2.27. The molecule has 0 atom stereocenters. The molecule has 2 N–H and O–H groups in total. The van der Waals surface area contributed by atoms with Gasteiger partial charge in [0.15, 0.2) is 0 Å². The Labute approximate surface area is 80.3 Å². The molecule has 3 heteroatoms. The number of unbranched alkanes of at least 4 members (excludes halogenated alkanes) is 1. The number of hydrogen-bond donors (Lipinski definition) is 1. The summed E-state index contributed by atoms with van der Waals surface area (Å²) in [6.45, 7) is 4.10. The molecule has 0 aromatic rings. The van der Waals surface area contributed by atoms with E-state index < -0.39 is 0 Å². The van der Waals surface area contributed by atoms with Gasteiger partial charge in [-0.2, -0.15) is 0 Å². The van der Waals surface area contributed by atoms with Gasteiger partial charge in [-0.25, -0.2) is 0 Å². The Morgan fingerprint density at radius 3 is 2.69 bits per heavy atom. The van der Waals surface area contributed by atoms with Gasteiger partial charge in [0.2, 0.25) is 5.91 Å². The number of amides is 1. The van der Waals surface area contributed by atoms with Gasteiger partial charge in [0.25, 0.3) is 0 Å². The number of hydrogen-bond acceptors (Lipinski definition) is 2. The van der Waals surface area contributed by atoms with Crippen LogP contribution in [-0.2, 0) is 4.79 Å². The van der Waals surface area contributed by atoms with Gasteiger partial charge in [-0.05, 0) is 13.0 Å². The summed E-state index contributed by atoms with van der Waals surface area (Å²) in [7, 11) is 0. The predicted octanol–water partition coefficient (Wildman–Crippen LogP) is 0.597. The molecule has 0 aliphatic carbocycles. The highest BCUT2D eigenvalue weighted by atomic mass is 16.1. The first-order chi connectivity index (χ1) is 6.20. The van der Waals surface area contributed by atoms with Crippen molar-refractivity contribution < 1.29 is 4.79 Å². The van der Waals surface area contributed by atoms with Crippen molar-refractivity contribution in [2.45, 2.75) is 26.2 Å². The molecular weight excluding hydrogens is 164 g/mol. The second kappa shape index (κ2) is 7.63. The van der Waals surface area contributed by atoms with E-state index in [4.69, 9.17) is 12.2 Å². The van der Waals surface area contributed by atoms with Crippen molar-refractivity contribution >= 4 is 5.91 Å². The maximum Gasteiger partial charge on any atom is 0.231 e. The number of terminal acetylenes is 1. The van der Waals surface area contributed by atoms with Crippen molar-refractivity contribution in [3.63, 3.8) is 0 Å². The lowest BCUT2D eigenvalue weighted by Crippen LogP contribution is -2.35. The highest BCUT2D eigenvalue weighted by molar-refractivity contribution is 5.75. The summed E-state index contributed by atoms with van der Waals surface area (Å²) in [6.07, 6.45) is 8.02. The molecule has 0 spiro atoms. The normalized spacial score (nSPS) is 9.92. The third kappa shape index (κ3) is 7.35. The van der Waals surface area contributed by atoms with E-state index in [1.807, 2.05) is 4.90 Å². The number of rotatable bonds is 7. The fraction of sp³-hybridized carbons (Fsp3) is 0.700. The standard InChI is InChI=1S/C10H18N2O/c1-3-5-7-12(8-6-4-2)9-10(11)13/h1H,4-9H2,2H3,(H2,11,13). The molecule has 0 aliphatic rings. The summed E-state index contributed by atoms with van der Waals surface area (Å²) in [6, 6.07) is 0. The summed E-state index contributed by atoms with van der Waals surface area (Å²) < 4.78 is 0. The SMILES string of the molecule is C#CCCN(CCCC)CC(N)=O. The van der Waals surface area contributed by atoms with E-state index >= 15 is 0 Å². The topological polar surface area (TPSA) is 46.3 Å². The predicted molar refractivity (Wildman–Crippen MR) is 54.0 cm³/mol. The second-order valence-corrected chi connectivity index (χ2v) is 3.05. The molecule has 74 valence electrons. The van der Waals surface area contributed by atoms with Gasteiger partial charge in [0.05, 0.1) is 6.54 Å². The van der Waals surface area contributed by atoms with Gasteiger partial charge < -0.3 is 5.73 Å². The van der Waals surface area contributed by atoms with Gasteiger partial charge in [-0.3, -0.25) is 9.69 Å². The molecule has 0 radical (unpaired) electrons. The van der Waals surface area contributed by atoms with Crippen LogP contribution < -0.4 is 5.73 Å². The lowest BCUT2D eigenvalue weighted by molar-refractivity contribution is -0.119. The zero-order chi connectivity index (χ0) is 10.1. The molecule has 0 heterocycles. The minimum absolute atomic E-state index is 0.284. The van der Waals surface area contributed by atoms with Crippen LogP contribution in [0.5, 0.6) is 0 Å². The molecule has 1 amide bonds. The number of carbonyl (C=O) groups is 1. The lowest BCUT2D eigenvalue weighted by Gasteiger charge is -2.18. The van der Waals surface area contributed by atoms with E-state index in [-0.39, 0.29) is 5.91 Å². The minimum Gasteiger partial charge on any atom is -0.369 e. The molecule has 0 aliphatic heterocycles. The van der Waals surface area contributed by atoms with E-state index in [2.05, 4.69) is 12.8 Å². The van der Waals surface area contributed by atoms with Crippen LogP contribution in [0.15, 0.2) is 0 Å². The average Bonchev–Trinajstić information content (AvgIpc) is 2.09. The summed E-state index contributed by atoms with van der Waals surface area (Å²) in [4.78, 5) is 12.7. The molecule has 0 saturated heterocycles. The van der Waals surface area contributed by atoms with Gasteiger partial charge in [-0.1, -0.05) is 13.3 Å². The van der Waals surface area contributed by atoms with Crippen molar-refractivity contribution in [1.82, 2.24) is 4.90 Å². The molecule has 13 heavy (non-hydrogen) atoms. The molecule has 0 saturated carbocycles. The smallest absolute Gasteiger partial charge is 0.231 e. The fourth-order valence-corrected chi connectivity index (χ4v) is 1.09. The Bertz CT molecular complexity index is 184. The largest absolute Gasteiger partial charge is 0.369 e. The van der Waals surface area contributed by atoms with Crippen molar-refractivity contribution in [3.05, 3.63) is 0 Å². The first-order valence-corrected chi connectivity index (χ1v) is 4.64. The number of nitrogens with zero attached hydrogens (tertiary/aromatic N) is 1. The summed E-state index contributed by atoms with van der Waals surface area (Å²) >= 11 is 0. The van der Waals surface area contributed by atoms with Crippen molar-refractivity contribution in [1.29, 1.82) is 0 Å². The Morgan fingerprint density at radius 1 is 1.54 bits per heavy atom. The second-order valence-electron chi connectivity index (χ2n) is 3.05. The Morgan fingerprint density at radius 2 is 2.23 bits per heavy atom. The molecule has 0 aromatic carbocycles. The molecule has 0 rings (SSSR count). The molecule has 0 fully saturated rings. The van der Waals surface area contributed by atoms with Crippen molar-refractivity contribution in [2.24, 2.45) is 5.73 Å². The van der Waals surface area contributed by atoms with Crippen molar-refractivity contribution in [2.75, 3.05) is 19.6 Å². The van der Waals surface area contributed by atoms with Gasteiger partial charge in [0, 0.05) is 13.0 Å². The quantitative estimate of drug-likeness (QED) is 0.586. The first-order valence-electron chi connectivity index (χ1n) is 4.64. The Kier molecular flexibility index (Phi) is 7.04. The lowest BCUT2D eigenvalue weighted by atomic mass is 10.3. The van der Waals surface area contributed by atoms with E-state index in [0.717, 1.165) is 25.9 Å². The summed E-state index contributed by atoms with van der Waals surface area (Å²) in [5, 5.41) is 0. The van der Waals surface area contributed by atoms with Crippen LogP contribution in [0, 0.1) is 12.3 Å².